The summed E-state index contributed by atoms with van der Waals surface area (Å²) in [5, 5.41) is 2.64. The molecule has 1 heterocycles. The zero-order valence-corrected chi connectivity index (χ0v) is 14.8. The van der Waals surface area contributed by atoms with Crippen molar-refractivity contribution in [3.63, 3.8) is 0 Å². The molecule has 6 heteroatoms. The van der Waals surface area contributed by atoms with E-state index in [0.717, 1.165) is 0 Å². The van der Waals surface area contributed by atoms with E-state index in [0.29, 0.717) is 29.8 Å². The Morgan fingerprint density at radius 2 is 2.08 bits per heavy atom. The maximum absolute atomic E-state index is 14.1. The van der Waals surface area contributed by atoms with Gasteiger partial charge >= 0.3 is 0 Å². The molecular formula is C20H23FN2O3. The third kappa shape index (κ3) is 4.50. The summed E-state index contributed by atoms with van der Waals surface area (Å²) in [5.74, 6) is 0.456. The van der Waals surface area contributed by atoms with Crippen LogP contribution in [-0.4, -0.2) is 24.6 Å². The van der Waals surface area contributed by atoms with Crippen molar-refractivity contribution >= 4 is 11.7 Å². The second-order valence-electron chi connectivity index (χ2n) is 6.47. The largest absolute Gasteiger partial charge is 0.497 e. The quantitative estimate of drug-likeness (QED) is 0.829. The van der Waals surface area contributed by atoms with Gasteiger partial charge in [-0.2, -0.15) is 0 Å². The molecule has 26 heavy (non-hydrogen) atoms. The lowest BCUT2D eigenvalue weighted by atomic mass is 9.90. The van der Waals surface area contributed by atoms with Crippen LogP contribution in [0.15, 0.2) is 36.5 Å². The van der Waals surface area contributed by atoms with E-state index in [1.54, 1.807) is 18.3 Å². The first-order valence-electron chi connectivity index (χ1n) is 8.90. The highest BCUT2D eigenvalue weighted by molar-refractivity contribution is 6.04. The van der Waals surface area contributed by atoms with Crippen molar-refractivity contribution in [2.24, 2.45) is 5.92 Å². The number of benzene rings is 1. The molecule has 0 unspecified atom stereocenters. The fourth-order valence-electron chi connectivity index (χ4n) is 3.14. The normalized spacial score (nSPS) is 14.7. The lowest BCUT2D eigenvalue weighted by Gasteiger charge is -2.22. The number of carbonyl (C=O) groups excluding carboxylic acids is 1. The number of carbonyl (C=O) groups is 1. The van der Waals surface area contributed by atoms with Gasteiger partial charge in [0.2, 0.25) is 0 Å². The van der Waals surface area contributed by atoms with Gasteiger partial charge in [-0.05, 0) is 43.0 Å². The van der Waals surface area contributed by atoms with Gasteiger partial charge in [-0.15, -0.1) is 0 Å². The smallest absolute Gasteiger partial charge is 0.259 e. The Labute approximate surface area is 152 Å². The molecule has 0 saturated heterocycles. The maximum Gasteiger partial charge on any atom is 0.259 e. The van der Waals surface area contributed by atoms with Gasteiger partial charge in [0, 0.05) is 12.3 Å². The van der Waals surface area contributed by atoms with Crippen LogP contribution in [0.4, 0.5) is 10.2 Å². The fraction of sp³-hybridized carbons (Fsp3) is 0.400. The molecule has 1 saturated carbocycles. The first-order valence-corrected chi connectivity index (χ1v) is 8.90. The number of nitrogens with zero attached hydrogens (tertiary/aromatic N) is 1. The zero-order valence-electron chi connectivity index (χ0n) is 14.8. The van der Waals surface area contributed by atoms with Crippen molar-refractivity contribution in [1.82, 2.24) is 4.98 Å². The summed E-state index contributed by atoms with van der Waals surface area (Å²) in [4.78, 5) is 16.6. The molecule has 0 atom stereocenters. The number of hydrogen-bond donors (Lipinski definition) is 1. The number of anilines is 1. The van der Waals surface area contributed by atoms with E-state index >= 15 is 0 Å². The Bertz CT molecular complexity index is 760. The van der Waals surface area contributed by atoms with E-state index in [-0.39, 0.29) is 5.56 Å². The molecule has 0 aliphatic heterocycles. The van der Waals surface area contributed by atoms with Crippen LogP contribution in [0.5, 0.6) is 11.5 Å². The summed E-state index contributed by atoms with van der Waals surface area (Å²) in [7, 11) is 1.44. The lowest BCUT2D eigenvalue weighted by Crippen LogP contribution is -2.18. The second kappa shape index (κ2) is 8.65. The van der Waals surface area contributed by atoms with Crippen LogP contribution in [-0.2, 0) is 0 Å². The van der Waals surface area contributed by atoms with Gasteiger partial charge in [0.15, 0.2) is 11.6 Å². The van der Waals surface area contributed by atoms with Gasteiger partial charge in [-0.1, -0.05) is 19.3 Å². The average molecular weight is 358 g/mol. The average Bonchev–Trinajstić information content (AvgIpc) is 2.68. The Balaban J connectivity index is 1.68. The van der Waals surface area contributed by atoms with E-state index in [1.165, 1.54) is 57.4 Å². The van der Waals surface area contributed by atoms with E-state index in [1.807, 2.05) is 0 Å². The number of aromatic nitrogens is 1. The monoisotopic (exact) mass is 358 g/mol. The third-order valence-corrected chi connectivity index (χ3v) is 4.62. The summed E-state index contributed by atoms with van der Waals surface area (Å²) in [6, 6.07) is 7.61. The molecule has 5 nitrogen and oxygen atoms in total. The molecule has 1 aliphatic rings. The van der Waals surface area contributed by atoms with Crippen LogP contribution in [0.25, 0.3) is 0 Å². The van der Waals surface area contributed by atoms with Gasteiger partial charge in [0.1, 0.15) is 11.6 Å². The molecule has 1 N–H and O–H groups in total. The van der Waals surface area contributed by atoms with E-state index in [4.69, 9.17) is 9.47 Å². The molecule has 2 aromatic rings. The van der Waals surface area contributed by atoms with E-state index < -0.39 is 11.7 Å². The molecule has 0 bridgehead atoms. The van der Waals surface area contributed by atoms with Crippen molar-refractivity contribution in [2.45, 2.75) is 32.1 Å². The summed E-state index contributed by atoms with van der Waals surface area (Å²) >= 11 is 0. The van der Waals surface area contributed by atoms with E-state index in [2.05, 4.69) is 10.3 Å². The minimum absolute atomic E-state index is 0.0744. The van der Waals surface area contributed by atoms with Gasteiger partial charge < -0.3 is 14.8 Å². The number of halogens is 1. The van der Waals surface area contributed by atoms with Crippen molar-refractivity contribution in [1.29, 1.82) is 0 Å². The molecule has 1 aromatic heterocycles. The lowest BCUT2D eigenvalue weighted by molar-refractivity contribution is 0.102. The molecule has 0 radical (unpaired) electrons. The molecular weight excluding hydrogens is 335 g/mol. The summed E-state index contributed by atoms with van der Waals surface area (Å²) in [6.45, 7) is 0.603. The first-order chi connectivity index (χ1) is 12.7. The SMILES string of the molecule is COc1ccc(C(=O)Nc2ncccc2OCC2CCCCC2)c(F)c1. The Morgan fingerprint density at radius 3 is 2.81 bits per heavy atom. The van der Waals surface area contributed by atoms with Crippen molar-refractivity contribution < 1.29 is 18.7 Å². The number of amides is 1. The molecule has 1 aromatic carbocycles. The van der Waals surface area contributed by atoms with Crippen LogP contribution in [0.2, 0.25) is 0 Å². The topological polar surface area (TPSA) is 60.5 Å². The third-order valence-electron chi connectivity index (χ3n) is 4.62. The van der Waals surface area contributed by atoms with Crippen LogP contribution in [0.3, 0.4) is 0 Å². The number of hydrogen-bond acceptors (Lipinski definition) is 4. The van der Waals surface area contributed by atoms with Gasteiger partial charge in [0.05, 0.1) is 19.3 Å². The second-order valence-corrected chi connectivity index (χ2v) is 6.47. The molecule has 138 valence electrons. The van der Waals surface area contributed by atoms with Crippen LogP contribution >= 0.6 is 0 Å². The molecule has 1 aliphatic carbocycles. The van der Waals surface area contributed by atoms with Gasteiger partial charge in [-0.3, -0.25) is 4.79 Å². The number of ether oxygens (including phenoxy) is 2. The predicted octanol–water partition coefficient (Wildman–Crippen LogP) is 4.44. The van der Waals surface area contributed by atoms with Gasteiger partial charge in [0.25, 0.3) is 5.91 Å². The molecule has 1 fully saturated rings. The Hall–Kier alpha value is -2.63. The predicted molar refractivity (Wildman–Crippen MR) is 97.2 cm³/mol. The number of nitrogens with one attached hydrogen (secondary N) is 1. The maximum atomic E-state index is 14.1. The number of pyridine rings is 1. The summed E-state index contributed by atoms with van der Waals surface area (Å²) in [6.07, 6.45) is 7.66. The molecule has 0 spiro atoms. The minimum Gasteiger partial charge on any atom is -0.497 e. The van der Waals surface area contributed by atoms with Gasteiger partial charge in [-0.25, -0.2) is 9.37 Å². The van der Waals surface area contributed by atoms with Crippen LogP contribution in [0, 0.1) is 11.7 Å². The standard InChI is InChI=1S/C20H23FN2O3/c1-25-15-9-10-16(17(21)12-15)20(24)23-19-18(8-5-11-22-19)26-13-14-6-3-2-4-7-14/h5,8-12,14H,2-4,6-7,13H2,1H3,(H,22,23,24). The van der Waals surface area contributed by atoms with Crippen molar-refractivity contribution in [3.8, 4) is 11.5 Å². The Morgan fingerprint density at radius 1 is 1.27 bits per heavy atom. The summed E-state index contributed by atoms with van der Waals surface area (Å²) < 4.78 is 24.9. The highest BCUT2D eigenvalue weighted by atomic mass is 19.1. The Kier molecular flexibility index (Phi) is 6.04. The number of methoxy groups -OCH3 is 1. The summed E-state index contributed by atoms with van der Waals surface area (Å²) in [5.41, 5.74) is -0.0744. The van der Waals surface area contributed by atoms with Crippen LogP contribution in [0.1, 0.15) is 42.5 Å². The van der Waals surface area contributed by atoms with Crippen molar-refractivity contribution in [3.05, 3.63) is 47.9 Å². The highest BCUT2D eigenvalue weighted by Crippen LogP contribution is 2.27. The minimum atomic E-state index is -0.651. The number of rotatable bonds is 6. The molecule has 3 rings (SSSR count). The fourth-order valence-corrected chi connectivity index (χ4v) is 3.14. The first kappa shape index (κ1) is 18.2. The zero-order chi connectivity index (χ0) is 18.4. The van der Waals surface area contributed by atoms with Crippen molar-refractivity contribution in [2.75, 3.05) is 19.0 Å². The van der Waals surface area contributed by atoms with Crippen LogP contribution < -0.4 is 14.8 Å². The molecule has 1 amide bonds. The van der Waals surface area contributed by atoms with E-state index in [9.17, 15) is 9.18 Å². The highest BCUT2D eigenvalue weighted by Gasteiger charge is 2.18.